The normalized spacial score (nSPS) is 14.3. The van der Waals surface area contributed by atoms with E-state index in [1.54, 1.807) is 6.20 Å². The zero-order valence-corrected chi connectivity index (χ0v) is 17.6. The van der Waals surface area contributed by atoms with Crippen molar-refractivity contribution in [2.75, 3.05) is 6.54 Å². The van der Waals surface area contributed by atoms with E-state index in [-0.39, 0.29) is 11.8 Å². The van der Waals surface area contributed by atoms with Crippen LogP contribution in [0.5, 0.6) is 0 Å². The van der Waals surface area contributed by atoms with Gasteiger partial charge in [-0.05, 0) is 41.0 Å². The Morgan fingerprint density at radius 2 is 1.67 bits per heavy atom. The van der Waals surface area contributed by atoms with E-state index in [2.05, 4.69) is 30.8 Å². The highest BCUT2D eigenvalue weighted by Gasteiger charge is 2.35. The Bertz CT molecular complexity index is 1360. The van der Waals surface area contributed by atoms with E-state index in [1.165, 1.54) is 0 Å². The largest absolute Gasteiger partial charge is 0.361 e. The zero-order chi connectivity index (χ0) is 20.8. The van der Waals surface area contributed by atoms with Gasteiger partial charge in [-0.1, -0.05) is 30.3 Å². The third-order valence-electron chi connectivity index (χ3n) is 5.51. The predicted octanol–water partition coefficient (Wildman–Crippen LogP) is 3.80. The first-order valence-corrected chi connectivity index (χ1v) is 10.5. The van der Waals surface area contributed by atoms with Gasteiger partial charge in [-0.25, -0.2) is 0 Å². The number of aromatic nitrogens is 2. The molecule has 2 aromatic heterocycles. The zero-order valence-electron chi connectivity index (χ0n) is 16.0. The Labute approximate surface area is 180 Å². The van der Waals surface area contributed by atoms with Gasteiger partial charge in [0.15, 0.2) is 0 Å². The van der Waals surface area contributed by atoms with E-state index in [4.69, 9.17) is 5.73 Å². The van der Waals surface area contributed by atoms with Gasteiger partial charge in [0.25, 0.3) is 11.8 Å². The molecule has 0 unspecified atom stereocenters. The monoisotopic (exact) mass is 462 g/mol. The quantitative estimate of drug-likeness (QED) is 0.393. The Hall–Kier alpha value is -3.16. The lowest BCUT2D eigenvalue weighted by Crippen LogP contribution is -2.22. The Kier molecular flexibility index (Phi) is 4.56. The van der Waals surface area contributed by atoms with Gasteiger partial charge < -0.3 is 15.3 Å². The molecular weight excluding hydrogens is 444 g/mol. The molecule has 4 aromatic rings. The van der Waals surface area contributed by atoms with Gasteiger partial charge in [-0.2, -0.15) is 0 Å². The lowest BCUT2D eigenvalue weighted by Gasteiger charge is -2.05. The van der Waals surface area contributed by atoms with E-state index in [0.29, 0.717) is 17.7 Å². The minimum absolute atomic E-state index is 0.377. The van der Waals surface area contributed by atoms with Gasteiger partial charge in [0, 0.05) is 50.8 Å². The van der Waals surface area contributed by atoms with E-state index in [0.717, 1.165) is 50.4 Å². The lowest BCUT2D eigenvalue weighted by atomic mass is 9.95. The fourth-order valence-electron chi connectivity index (χ4n) is 4.20. The molecular formula is C23H19BrN4O2. The number of benzene rings is 2. The van der Waals surface area contributed by atoms with Crippen LogP contribution in [0.25, 0.3) is 33.0 Å². The molecule has 0 fully saturated rings. The molecule has 4 N–H and O–H groups in total. The molecule has 0 aliphatic carbocycles. The molecule has 2 amide bonds. The van der Waals surface area contributed by atoms with Crippen molar-refractivity contribution in [1.29, 1.82) is 0 Å². The number of imide groups is 1. The Morgan fingerprint density at radius 3 is 2.47 bits per heavy atom. The minimum atomic E-state index is -0.377. The summed E-state index contributed by atoms with van der Waals surface area (Å²) in [5.74, 6) is -0.754. The molecule has 3 heterocycles. The third kappa shape index (κ3) is 2.81. The number of carbonyl (C=O) groups excluding carboxylic acids is 2. The van der Waals surface area contributed by atoms with Gasteiger partial charge >= 0.3 is 0 Å². The van der Waals surface area contributed by atoms with Crippen molar-refractivity contribution < 1.29 is 9.59 Å². The Balaban J connectivity index is 1.81. The number of nitrogens with zero attached hydrogens (tertiary/aromatic N) is 1. The topological polar surface area (TPSA) is 92.9 Å². The number of rotatable bonds is 5. The predicted molar refractivity (Wildman–Crippen MR) is 122 cm³/mol. The summed E-state index contributed by atoms with van der Waals surface area (Å²) in [6.07, 6.45) is 4.55. The molecule has 7 heteroatoms. The van der Waals surface area contributed by atoms with Crippen LogP contribution in [-0.2, 0) is 16.1 Å². The standard InChI is InChI=1S/C23H19BrN4O2/c24-17-7-3-6-14-16(12-28(21(14)17)10-4-9-25)20-19(22(29)27-23(20)30)15-11-26-18-8-2-1-5-13(15)18/h1-3,5-8,11-12,26H,4,9-10,25H2,(H,27,29,30). The Morgan fingerprint density at radius 1 is 0.933 bits per heavy atom. The highest BCUT2D eigenvalue weighted by atomic mass is 79.9. The van der Waals surface area contributed by atoms with Crippen molar-refractivity contribution in [3.05, 3.63) is 70.5 Å². The summed E-state index contributed by atoms with van der Waals surface area (Å²) in [5.41, 5.74) is 9.89. The van der Waals surface area contributed by atoms with E-state index in [1.807, 2.05) is 48.7 Å². The molecule has 0 atom stereocenters. The second-order valence-corrected chi connectivity index (χ2v) is 8.15. The van der Waals surface area contributed by atoms with Gasteiger partial charge in [0.05, 0.1) is 16.7 Å². The fraction of sp³-hybridized carbons (Fsp3) is 0.130. The van der Waals surface area contributed by atoms with Crippen LogP contribution in [0.15, 0.2) is 59.3 Å². The van der Waals surface area contributed by atoms with Gasteiger partial charge in [-0.15, -0.1) is 0 Å². The number of para-hydroxylation sites is 2. The first kappa shape index (κ1) is 18.8. The van der Waals surface area contributed by atoms with E-state index < -0.39 is 0 Å². The summed E-state index contributed by atoms with van der Waals surface area (Å²) in [6.45, 7) is 1.29. The van der Waals surface area contributed by atoms with Crippen LogP contribution in [0.2, 0.25) is 0 Å². The molecule has 150 valence electrons. The second kappa shape index (κ2) is 7.27. The first-order chi connectivity index (χ1) is 14.6. The van der Waals surface area contributed by atoms with Crippen molar-refractivity contribution >= 4 is 60.7 Å². The average Bonchev–Trinajstić information content (AvgIpc) is 3.40. The van der Waals surface area contributed by atoms with E-state index >= 15 is 0 Å². The van der Waals surface area contributed by atoms with Crippen LogP contribution < -0.4 is 11.1 Å². The molecule has 0 bridgehead atoms. The number of aromatic amines is 1. The maximum atomic E-state index is 12.9. The lowest BCUT2D eigenvalue weighted by molar-refractivity contribution is -0.122. The molecule has 0 saturated heterocycles. The van der Waals surface area contributed by atoms with Crippen molar-refractivity contribution in [3.63, 3.8) is 0 Å². The molecule has 30 heavy (non-hydrogen) atoms. The highest BCUT2D eigenvalue weighted by molar-refractivity contribution is 9.10. The van der Waals surface area contributed by atoms with Gasteiger partial charge in [-0.3, -0.25) is 14.9 Å². The van der Waals surface area contributed by atoms with Crippen LogP contribution in [0.1, 0.15) is 17.5 Å². The van der Waals surface area contributed by atoms with Gasteiger partial charge in [0.2, 0.25) is 0 Å². The minimum Gasteiger partial charge on any atom is -0.361 e. The summed E-state index contributed by atoms with van der Waals surface area (Å²) in [6, 6.07) is 13.6. The first-order valence-electron chi connectivity index (χ1n) is 9.74. The molecule has 1 aliphatic rings. The maximum Gasteiger partial charge on any atom is 0.259 e. The molecule has 0 spiro atoms. The van der Waals surface area contributed by atoms with Crippen LogP contribution in [0.3, 0.4) is 0 Å². The molecule has 6 nitrogen and oxygen atoms in total. The number of nitrogens with one attached hydrogen (secondary N) is 2. The molecule has 2 aromatic carbocycles. The van der Waals surface area contributed by atoms with Crippen LogP contribution in [0, 0.1) is 0 Å². The van der Waals surface area contributed by atoms with Crippen molar-refractivity contribution in [2.45, 2.75) is 13.0 Å². The smallest absolute Gasteiger partial charge is 0.259 e. The summed E-state index contributed by atoms with van der Waals surface area (Å²) >= 11 is 3.63. The number of amides is 2. The number of nitrogens with two attached hydrogens (primary N) is 1. The summed E-state index contributed by atoms with van der Waals surface area (Å²) in [5, 5.41) is 4.31. The third-order valence-corrected chi connectivity index (χ3v) is 6.15. The van der Waals surface area contributed by atoms with Crippen molar-refractivity contribution in [2.24, 2.45) is 5.73 Å². The highest BCUT2D eigenvalue weighted by Crippen LogP contribution is 2.39. The summed E-state index contributed by atoms with van der Waals surface area (Å²) in [7, 11) is 0. The summed E-state index contributed by atoms with van der Waals surface area (Å²) in [4.78, 5) is 29.0. The average molecular weight is 463 g/mol. The van der Waals surface area contributed by atoms with Crippen LogP contribution in [0.4, 0.5) is 0 Å². The number of H-pyrrole nitrogens is 1. The SMILES string of the molecule is NCCCn1cc(C2=C(c3c[nH]c4ccccc34)C(=O)NC2=O)c2cccc(Br)c21. The second-order valence-electron chi connectivity index (χ2n) is 7.30. The number of fused-ring (bicyclic) bond motifs is 2. The molecule has 5 rings (SSSR count). The van der Waals surface area contributed by atoms with Crippen LogP contribution >= 0.6 is 15.9 Å². The summed E-state index contributed by atoms with van der Waals surface area (Å²) < 4.78 is 3.03. The van der Waals surface area contributed by atoms with Gasteiger partial charge in [0.1, 0.15) is 0 Å². The maximum absolute atomic E-state index is 12.9. The van der Waals surface area contributed by atoms with E-state index in [9.17, 15) is 9.59 Å². The van der Waals surface area contributed by atoms with Crippen LogP contribution in [-0.4, -0.2) is 27.9 Å². The molecule has 0 radical (unpaired) electrons. The van der Waals surface area contributed by atoms with Crippen molar-refractivity contribution in [3.8, 4) is 0 Å². The molecule has 0 saturated carbocycles. The number of halogens is 1. The number of aryl methyl sites for hydroxylation is 1. The number of hydrogen-bond donors (Lipinski definition) is 3. The fourth-order valence-corrected chi connectivity index (χ4v) is 4.79. The number of hydrogen-bond acceptors (Lipinski definition) is 3. The number of carbonyl (C=O) groups is 2. The van der Waals surface area contributed by atoms with Crippen molar-refractivity contribution in [1.82, 2.24) is 14.9 Å². The molecule has 1 aliphatic heterocycles.